The molecule has 2 aromatic heterocycles. The maximum atomic E-state index is 5.47. The molecule has 0 spiro atoms. The molecular weight excluding hydrogens is 360 g/mol. The second kappa shape index (κ2) is 8.94. The minimum atomic E-state index is 0.449. The quantitative estimate of drug-likeness (QED) is 0.476. The number of nitrogens with zero attached hydrogens (tertiary/aromatic N) is 4. The first-order chi connectivity index (χ1) is 13.6. The van der Waals surface area contributed by atoms with Crippen LogP contribution < -0.4 is 14.8 Å². The van der Waals surface area contributed by atoms with E-state index in [2.05, 4.69) is 25.5 Å². The molecule has 148 valence electrons. The Morgan fingerprint density at radius 2 is 2.14 bits per heavy atom. The summed E-state index contributed by atoms with van der Waals surface area (Å²) >= 11 is 0. The normalized spacial score (nSPS) is 11.4. The maximum Gasteiger partial charge on any atom is 0.216 e. The number of furan rings is 1. The van der Waals surface area contributed by atoms with Crippen LogP contribution in [0.15, 0.2) is 46.0 Å². The van der Waals surface area contributed by atoms with Crippen LogP contribution in [0.5, 0.6) is 11.5 Å². The second-order valence-corrected chi connectivity index (χ2v) is 6.02. The van der Waals surface area contributed by atoms with Gasteiger partial charge in [-0.3, -0.25) is 10.1 Å². The lowest BCUT2D eigenvalue weighted by Crippen LogP contribution is -2.38. The van der Waals surface area contributed by atoms with Crippen molar-refractivity contribution in [3.63, 3.8) is 0 Å². The third-order valence-electron chi connectivity index (χ3n) is 4.16. The van der Waals surface area contributed by atoms with Gasteiger partial charge in [0.15, 0.2) is 11.7 Å². The summed E-state index contributed by atoms with van der Waals surface area (Å²) in [7, 11) is 6.96. The van der Waals surface area contributed by atoms with E-state index < -0.39 is 0 Å². The van der Waals surface area contributed by atoms with Crippen LogP contribution in [0.3, 0.4) is 0 Å². The van der Waals surface area contributed by atoms with Gasteiger partial charge in [0.25, 0.3) is 0 Å². The van der Waals surface area contributed by atoms with Crippen LogP contribution >= 0.6 is 0 Å². The highest BCUT2D eigenvalue weighted by molar-refractivity contribution is 5.79. The van der Waals surface area contributed by atoms with Gasteiger partial charge < -0.3 is 24.1 Å². The Kier molecular flexibility index (Phi) is 6.15. The SMILES string of the molecule is CN=C(NCc1nc(-c2ccco2)n[nH]1)N(C)Cc1ccc(OC)cc1OC. The molecule has 0 radical (unpaired) electrons. The summed E-state index contributed by atoms with van der Waals surface area (Å²) in [5, 5.41) is 10.3. The number of aliphatic imine (C=N–C) groups is 1. The largest absolute Gasteiger partial charge is 0.497 e. The maximum absolute atomic E-state index is 5.47. The summed E-state index contributed by atoms with van der Waals surface area (Å²) in [6.45, 7) is 1.06. The van der Waals surface area contributed by atoms with Crippen LogP contribution in [0, 0.1) is 0 Å². The first-order valence-corrected chi connectivity index (χ1v) is 8.72. The van der Waals surface area contributed by atoms with Gasteiger partial charge in [-0.15, -0.1) is 5.10 Å². The van der Waals surface area contributed by atoms with Gasteiger partial charge in [0.05, 0.1) is 27.0 Å². The Balaban J connectivity index is 1.62. The van der Waals surface area contributed by atoms with Gasteiger partial charge in [-0.05, 0) is 24.3 Å². The number of ether oxygens (including phenoxy) is 2. The van der Waals surface area contributed by atoms with Crippen molar-refractivity contribution in [3.8, 4) is 23.1 Å². The number of nitrogens with one attached hydrogen (secondary N) is 2. The van der Waals surface area contributed by atoms with E-state index in [1.54, 1.807) is 33.6 Å². The predicted molar refractivity (Wildman–Crippen MR) is 105 cm³/mol. The van der Waals surface area contributed by atoms with E-state index in [0.717, 1.165) is 17.1 Å². The molecule has 0 aliphatic carbocycles. The van der Waals surface area contributed by atoms with E-state index in [1.807, 2.05) is 36.2 Å². The minimum absolute atomic E-state index is 0.449. The molecule has 0 saturated heterocycles. The monoisotopic (exact) mass is 384 g/mol. The summed E-state index contributed by atoms with van der Waals surface area (Å²) in [5.74, 6) is 4.06. The van der Waals surface area contributed by atoms with Gasteiger partial charge in [0, 0.05) is 32.3 Å². The van der Waals surface area contributed by atoms with Crippen LogP contribution in [-0.2, 0) is 13.1 Å². The zero-order valence-corrected chi connectivity index (χ0v) is 16.4. The number of guanidine groups is 1. The average Bonchev–Trinajstić information content (AvgIpc) is 3.40. The van der Waals surface area contributed by atoms with Gasteiger partial charge in [0.1, 0.15) is 17.3 Å². The summed E-state index contributed by atoms with van der Waals surface area (Å²) in [4.78, 5) is 10.7. The van der Waals surface area contributed by atoms with E-state index in [4.69, 9.17) is 13.9 Å². The van der Waals surface area contributed by atoms with Crippen LogP contribution in [0.1, 0.15) is 11.4 Å². The predicted octanol–water partition coefficient (Wildman–Crippen LogP) is 2.29. The molecule has 0 atom stereocenters. The first kappa shape index (κ1) is 19.3. The lowest BCUT2D eigenvalue weighted by atomic mass is 10.2. The van der Waals surface area contributed by atoms with Crippen molar-refractivity contribution in [1.29, 1.82) is 0 Å². The van der Waals surface area contributed by atoms with Gasteiger partial charge in [-0.1, -0.05) is 0 Å². The molecule has 3 rings (SSSR count). The summed E-state index contributed by atoms with van der Waals surface area (Å²) in [6, 6.07) is 9.37. The van der Waals surface area contributed by atoms with E-state index in [1.165, 1.54) is 0 Å². The molecule has 28 heavy (non-hydrogen) atoms. The van der Waals surface area contributed by atoms with Crippen molar-refractivity contribution in [2.45, 2.75) is 13.1 Å². The smallest absolute Gasteiger partial charge is 0.216 e. The fourth-order valence-corrected chi connectivity index (χ4v) is 2.75. The molecule has 9 nitrogen and oxygen atoms in total. The minimum Gasteiger partial charge on any atom is -0.497 e. The van der Waals surface area contributed by atoms with Crippen molar-refractivity contribution in [2.75, 3.05) is 28.3 Å². The highest BCUT2D eigenvalue weighted by Gasteiger charge is 2.13. The molecule has 9 heteroatoms. The lowest BCUT2D eigenvalue weighted by Gasteiger charge is -2.23. The number of aromatic nitrogens is 3. The van der Waals surface area contributed by atoms with E-state index in [9.17, 15) is 0 Å². The molecule has 0 bridgehead atoms. The fraction of sp³-hybridized carbons (Fsp3) is 0.316. The van der Waals surface area contributed by atoms with Crippen molar-refractivity contribution >= 4 is 5.96 Å². The number of hydrogen-bond acceptors (Lipinski definition) is 6. The molecule has 3 aromatic rings. The summed E-state index contributed by atoms with van der Waals surface area (Å²) in [5.41, 5.74) is 1.02. The molecule has 0 aliphatic heterocycles. The molecule has 2 heterocycles. The summed E-state index contributed by atoms with van der Waals surface area (Å²) < 4.78 is 16.0. The standard InChI is InChI=1S/C19H24N6O3/c1-20-19(21-11-17-22-18(24-23-17)15-6-5-9-28-15)25(2)12-13-7-8-14(26-3)10-16(13)27-4/h5-10H,11-12H2,1-4H3,(H,20,21)(H,22,23,24). The number of aromatic amines is 1. The Hall–Kier alpha value is -3.49. The average molecular weight is 384 g/mol. The topological polar surface area (TPSA) is 101 Å². The van der Waals surface area contributed by atoms with Crippen molar-refractivity contribution in [2.24, 2.45) is 4.99 Å². The van der Waals surface area contributed by atoms with E-state index >= 15 is 0 Å². The number of H-pyrrole nitrogens is 1. The van der Waals surface area contributed by atoms with Crippen molar-refractivity contribution < 1.29 is 13.9 Å². The number of methoxy groups -OCH3 is 2. The first-order valence-electron chi connectivity index (χ1n) is 8.72. The van der Waals surface area contributed by atoms with Crippen LogP contribution in [0.4, 0.5) is 0 Å². The number of hydrogen-bond donors (Lipinski definition) is 2. The van der Waals surface area contributed by atoms with Gasteiger partial charge in [-0.25, -0.2) is 4.98 Å². The molecule has 0 amide bonds. The van der Waals surface area contributed by atoms with Crippen LogP contribution in [0.2, 0.25) is 0 Å². The molecule has 2 N–H and O–H groups in total. The highest BCUT2D eigenvalue weighted by Crippen LogP contribution is 2.25. The van der Waals surface area contributed by atoms with Crippen molar-refractivity contribution in [3.05, 3.63) is 48.0 Å². The Morgan fingerprint density at radius 1 is 1.29 bits per heavy atom. The molecule has 0 aliphatic rings. The molecule has 1 aromatic carbocycles. The third kappa shape index (κ3) is 4.43. The molecule has 0 unspecified atom stereocenters. The van der Waals surface area contributed by atoms with E-state index in [-0.39, 0.29) is 0 Å². The molecular formula is C19H24N6O3. The van der Waals surface area contributed by atoms with Crippen molar-refractivity contribution in [1.82, 2.24) is 25.4 Å². The number of benzene rings is 1. The van der Waals surface area contributed by atoms with Gasteiger partial charge in [-0.2, -0.15) is 0 Å². The zero-order chi connectivity index (χ0) is 19.9. The molecule has 0 fully saturated rings. The van der Waals surface area contributed by atoms with Gasteiger partial charge in [0.2, 0.25) is 5.82 Å². The Bertz CT molecular complexity index is 920. The fourth-order valence-electron chi connectivity index (χ4n) is 2.75. The summed E-state index contributed by atoms with van der Waals surface area (Å²) in [6.07, 6.45) is 1.59. The Morgan fingerprint density at radius 3 is 2.82 bits per heavy atom. The van der Waals surface area contributed by atoms with Crippen LogP contribution in [-0.4, -0.2) is 54.4 Å². The second-order valence-electron chi connectivity index (χ2n) is 6.02. The number of rotatable bonds is 7. The molecule has 0 saturated carbocycles. The third-order valence-corrected chi connectivity index (χ3v) is 4.16. The lowest BCUT2D eigenvalue weighted by molar-refractivity contribution is 0.382. The van der Waals surface area contributed by atoms with Gasteiger partial charge >= 0.3 is 0 Å². The zero-order valence-electron chi connectivity index (χ0n) is 16.4. The Labute approximate surface area is 163 Å². The highest BCUT2D eigenvalue weighted by atomic mass is 16.5. The van der Waals surface area contributed by atoms with Crippen LogP contribution in [0.25, 0.3) is 11.6 Å². The van der Waals surface area contributed by atoms with E-state index in [0.29, 0.717) is 36.5 Å².